The molecule has 0 fully saturated rings. The van der Waals surface area contributed by atoms with Crippen molar-refractivity contribution in [3.63, 3.8) is 0 Å². The fourth-order valence-electron chi connectivity index (χ4n) is 1.28. The Morgan fingerprint density at radius 1 is 1.47 bits per heavy atom. The van der Waals surface area contributed by atoms with Gasteiger partial charge in [-0.15, -0.1) is 0 Å². The van der Waals surface area contributed by atoms with Crippen LogP contribution in [0.2, 0.25) is 5.02 Å². The normalized spacial score (nSPS) is 12.0. The summed E-state index contributed by atoms with van der Waals surface area (Å²) in [6.07, 6.45) is -0.542. The van der Waals surface area contributed by atoms with E-state index in [1.165, 1.54) is 4.90 Å². The highest BCUT2D eigenvalue weighted by atomic mass is 35.5. The third kappa shape index (κ3) is 5.06. The lowest BCUT2D eigenvalue weighted by atomic mass is 10.3. The summed E-state index contributed by atoms with van der Waals surface area (Å²) >= 11 is 5.72. The number of aliphatic hydroxyl groups excluding tert-OH is 1. The van der Waals surface area contributed by atoms with Crippen LogP contribution in [-0.2, 0) is 4.79 Å². The predicted molar refractivity (Wildman–Crippen MR) is 66.3 cm³/mol. The molecule has 0 aromatic heterocycles. The van der Waals surface area contributed by atoms with E-state index in [0.29, 0.717) is 17.3 Å². The number of hydrogen-bond donors (Lipinski definition) is 1. The Labute approximate surface area is 106 Å². The summed E-state index contributed by atoms with van der Waals surface area (Å²) < 4.78 is 5.29. The van der Waals surface area contributed by atoms with E-state index in [-0.39, 0.29) is 12.5 Å². The van der Waals surface area contributed by atoms with E-state index in [0.717, 1.165) is 0 Å². The Morgan fingerprint density at radius 2 is 2.06 bits per heavy atom. The number of halogens is 1. The molecule has 4 nitrogen and oxygen atoms in total. The van der Waals surface area contributed by atoms with Crippen molar-refractivity contribution in [1.82, 2.24) is 4.90 Å². The average Bonchev–Trinajstić information content (AvgIpc) is 2.27. The fraction of sp³-hybridized carbons (Fsp3) is 0.417. The number of nitrogens with zero attached hydrogens (tertiary/aromatic N) is 1. The second kappa shape index (κ2) is 6.47. The van der Waals surface area contributed by atoms with Crippen LogP contribution < -0.4 is 4.74 Å². The fourth-order valence-corrected chi connectivity index (χ4v) is 1.41. The van der Waals surface area contributed by atoms with Gasteiger partial charge >= 0.3 is 0 Å². The van der Waals surface area contributed by atoms with Gasteiger partial charge < -0.3 is 14.7 Å². The molecule has 1 N–H and O–H groups in total. The van der Waals surface area contributed by atoms with Gasteiger partial charge in [0.15, 0.2) is 6.61 Å². The van der Waals surface area contributed by atoms with E-state index in [9.17, 15) is 4.79 Å². The first kappa shape index (κ1) is 13.8. The van der Waals surface area contributed by atoms with Crippen LogP contribution in [0.5, 0.6) is 5.75 Å². The molecule has 94 valence electrons. The minimum Gasteiger partial charge on any atom is -0.484 e. The van der Waals surface area contributed by atoms with Gasteiger partial charge in [0, 0.05) is 18.6 Å². The molecule has 0 aliphatic rings. The van der Waals surface area contributed by atoms with Crippen molar-refractivity contribution in [1.29, 1.82) is 0 Å². The van der Waals surface area contributed by atoms with Gasteiger partial charge in [0.05, 0.1) is 6.10 Å². The van der Waals surface area contributed by atoms with E-state index < -0.39 is 6.10 Å². The summed E-state index contributed by atoms with van der Waals surface area (Å²) in [5.74, 6) is 0.411. The standard InChI is InChI=1S/C12H16ClNO3/c1-9(15)7-14(2)12(16)8-17-11-5-3-10(13)4-6-11/h3-6,9,15H,7-8H2,1-2H3. The Hall–Kier alpha value is -1.26. The summed E-state index contributed by atoms with van der Waals surface area (Å²) in [6, 6.07) is 6.79. The Balaban J connectivity index is 2.40. The number of likely N-dealkylation sites (N-methyl/N-ethyl adjacent to an activating group) is 1. The molecule has 5 heteroatoms. The molecule has 1 unspecified atom stereocenters. The highest BCUT2D eigenvalue weighted by Crippen LogP contribution is 2.15. The summed E-state index contributed by atoms with van der Waals surface area (Å²) in [6.45, 7) is 1.87. The minimum atomic E-state index is -0.542. The monoisotopic (exact) mass is 257 g/mol. The maximum atomic E-state index is 11.6. The number of hydrogen-bond acceptors (Lipinski definition) is 3. The van der Waals surface area contributed by atoms with Crippen LogP contribution in [0.15, 0.2) is 24.3 Å². The molecule has 0 heterocycles. The number of carbonyl (C=O) groups is 1. The lowest BCUT2D eigenvalue weighted by molar-refractivity contribution is -0.133. The Bertz CT molecular complexity index is 365. The molecule has 0 saturated carbocycles. The summed E-state index contributed by atoms with van der Waals surface area (Å²) in [5, 5.41) is 9.76. The van der Waals surface area contributed by atoms with Crippen molar-refractivity contribution in [2.45, 2.75) is 13.0 Å². The molecule has 0 aliphatic heterocycles. The molecular weight excluding hydrogens is 242 g/mol. The molecule has 0 saturated heterocycles. The van der Waals surface area contributed by atoms with Gasteiger partial charge in [-0.3, -0.25) is 4.79 Å². The first-order chi connectivity index (χ1) is 7.99. The molecule has 0 bridgehead atoms. The zero-order valence-corrected chi connectivity index (χ0v) is 10.6. The van der Waals surface area contributed by atoms with Crippen molar-refractivity contribution in [3.05, 3.63) is 29.3 Å². The van der Waals surface area contributed by atoms with Crippen LogP contribution in [0.4, 0.5) is 0 Å². The molecule has 1 rings (SSSR count). The first-order valence-corrected chi connectivity index (χ1v) is 5.67. The quantitative estimate of drug-likeness (QED) is 0.871. The molecule has 17 heavy (non-hydrogen) atoms. The molecular formula is C12H16ClNO3. The third-order valence-corrected chi connectivity index (χ3v) is 2.39. The summed E-state index contributed by atoms with van der Waals surface area (Å²) in [5.41, 5.74) is 0. The Kier molecular flexibility index (Phi) is 5.25. The largest absolute Gasteiger partial charge is 0.484 e. The van der Waals surface area contributed by atoms with Gasteiger partial charge in [0.25, 0.3) is 5.91 Å². The zero-order valence-electron chi connectivity index (χ0n) is 9.89. The van der Waals surface area contributed by atoms with Gasteiger partial charge in [0.2, 0.25) is 0 Å². The number of carbonyl (C=O) groups excluding carboxylic acids is 1. The van der Waals surface area contributed by atoms with Gasteiger partial charge in [0.1, 0.15) is 5.75 Å². The molecule has 0 aliphatic carbocycles. The first-order valence-electron chi connectivity index (χ1n) is 5.29. The highest BCUT2D eigenvalue weighted by Gasteiger charge is 2.11. The molecule has 1 aromatic rings. The van der Waals surface area contributed by atoms with Crippen molar-refractivity contribution >= 4 is 17.5 Å². The second-order valence-corrected chi connectivity index (χ2v) is 4.30. The maximum Gasteiger partial charge on any atom is 0.260 e. The average molecular weight is 258 g/mol. The molecule has 1 amide bonds. The van der Waals surface area contributed by atoms with E-state index in [4.69, 9.17) is 21.4 Å². The van der Waals surface area contributed by atoms with E-state index in [2.05, 4.69) is 0 Å². The Morgan fingerprint density at radius 3 is 2.59 bits per heavy atom. The van der Waals surface area contributed by atoms with Crippen LogP contribution in [0.25, 0.3) is 0 Å². The van der Waals surface area contributed by atoms with Crippen LogP contribution >= 0.6 is 11.6 Å². The molecule has 0 spiro atoms. The lowest BCUT2D eigenvalue weighted by Crippen LogP contribution is -2.36. The van der Waals surface area contributed by atoms with E-state index >= 15 is 0 Å². The number of ether oxygens (including phenoxy) is 1. The molecule has 1 atom stereocenters. The lowest BCUT2D eigenvalue weighted by Gasteiger charge is -2.18. The SMILES string of the molecule is CC(O)CN(C)C(=O)COc1ccc(Cl)cc1. The van der Waals surface area contributed by atoms with Crippen molar-refractivity contribution in [3.8, 4) is 5.75 Å². The van der Waals surface area contributed by atoms with Crippen molar-refractivity contribution in [2.24, 2.45) is 0 Å². The van der Waals surface area contributed by atoms with Crippen LogP contribution in [0, 0.1) is 0 Å². The van der Waals surface area contributed by atoms with E-state index in [1.807, 2.05) is 0 Å². The van der Waals surface area contributed by atoms with Crippen LogP contribution in [0.3, 0.4) is 0 Å². The molecule has 0 radical (unpaired) electrons. The highest BCUT2D eigenvalue weighted by molar-refractivity contribution is 6.30. The number of amides is 1. The van der Waals surface area contributed by atoms with Gasteiger partial charge in [-0.05, 0) is 31.2 Å². The topological polar surface area (TPSA) is 49.8 Å². The minimum absolute atomic E-state index is 0.0507. The maximum absolute atomic E-state index is 11.6. The van der Waals surface area contributed by atoms with Gasteiger partial charge in [-0.1, -0.05) is 11.6 Å². The van der Waals surface area contributed by atoms with Crippen LogP contribution in [0.1, 0.15) is 6.92 Å². The zero-order chi connectivity index (χ0) is 12.8. The summed E-state index contributed by atoms with van der Waals surface area (Å²) in [7, 11) is 1.63. The summed E-state index contributed by atoms with van der Waals surface area (Å²) in [4.78, 5) is 13.0. The van der Waals surface area contributed by atoms with Gasteiger partial charge in [-0.2, -0.15) is 0 Å². The van der Waals surface area contributed by atoms with Gasteiger partial charge in [-0.25, -0.2) is 0 Å². The number of benzene rings is 1. The van der Waals surface area contributed by atoms with Crippen molar-refractivity contribution < 1.29 is 14.6 Å². The molecule has 1 aromatic carbocycles. The number of rotatable bonds is 5. The smallest absolute Gasteiger partial charge is 0.260 e. The third-order valence-electron chi connectivity index (χ3n) is 2.14. The van der Waals surface area contributed by atoms with Crippen molar-refractivity contribution in [2.75, 3.05) is 20.2 Å². The predicted octanol–water partition coefficient (Wildman–Crippen LogP) is 1.56. The number of aliphatic hydroxyl groups is 1. The van der Waals surface area contributed by atoms with E-state index in [1.54, 1.807) is 38.2 Å². The van der Waals surface area contributed by atoms with Crippen LogP contribution in [-0.4, -0.2) is 42.2 Å². The second-order valence-electron chi connectivity index (χ2n) is 3.87.